The molecule has 1 unspecified atom stereocenters. The van der Waals surface area contributed by atoms with Gasteiger partial charge in [-0.15, -0.1) is 0 Å². The minimum Gasteiger partial charge on any atom is -0.384 e. The van der Waals surface area contributed by atoms with Crippen LogP contribution in [-0.4, -0.2) is 35.2 Å². The summed E-state index contributed by atoms with van der Waals surface area (Å²) in [6.07, 6.45) is -3.00. The van der Waals surface area contributed by atoms with Crippen LogP contribution in [0.5, 0.6) is 0 Å². The van der Waals surface area contributed by atoms with Crippen molar-refractivity contribution in [2.24, 2.45) is 11.1 Å². The molecule has 2 N–H and O–H groups in total. The van der Waals surface area contributed by atoms with Gasteiger partial charge in [-0.25, -0.2) is 13.6 Å². The van der Waals surface area contributed by atoms with Crippen LogP contribution in [0, 0.1) is 5.92 Å². The van der Waals surface area contributed by atoms with Gasteiger partial charge in [-0.1, -0.05) is 0 Å². The van der Waals surface area contributed by atoms with E-state index in [0.29, 0.717) is 25.4 Å². The molecule has 0 bridgehead atoms. The second kappa shape index (κ2) is 6.66. The summed E-state index contributed by atoms with van der Waals surface area (Å²) in [5.74, 6) is 0.237. The van der Waals surface area contributed by atoms with E-state index in [1.165, 1.54) is 6.07 Å². The van der Waals surface area contributed by atoms with Gasteiger partial charge in [0.05, 0.1) is 17.1 Å². The van der Waals surface area contributed by atoms with Gasteiger partial charge >= 0.3 is 6.18 Å². The summed E-state index contributed by atoms with van der Waals surface area (Å²) in [5.41, 5.74) is -0.892. The largest absolute Gasteiger partial charge is 0.417 e. The molecule has 1 fully saturated rings. The highest BCUT2D eigenvalue weighted by molar-refractivity contribution is 7.89. The van der Waals surface area contributed by atoms with Crippen LogP contribution >= 0.6 is 0 Å². The molecule has 23 heavy (non-hydrogen) atoms. The lowest BCUT2D eigenvalue weighted by Crippen LogP contribution is -2.37. The number of benzene rings is 1. The molecule has 1 heterocycles. The molecule has 1 aromatic rings. The molecular weight excluding hydrogens is 333 g/mol. The van der Waals surface area contributed by atoms with E-state index in [4.69, 9.17) is 9.88 Å². The first-order valence-corrected chi connectivity index (χ1v) is 8.65. The van der Waals surface area contributed by atoms with Gasteiger partial charge in [0.1, 0.15) is 0 Å². The highest BCUT2D eigenvalue weighted by Gasteiger charge is 2.37. The number of nitrogens with zero attached hydrogens (tertiary/aromatic N) is 1. The van der Waals surface area contributed by atoms with E-state index < -0.39 is 26.7 Å². The Morgan fingerprint density at radius 3 is 2.65 bits per heavy atom. The van der Waals surface area contributed by atoms with Crippen LogP contribution in [0.25, 0.3) is 0 Å². The molecule has 0 aliphatic carbocycles. The van der Waals surface area contributed by atoms with E-state index in [2.05, 4.69) is 0 Å². The van der Waals surface area contributed by atoms with Crippen molar-refractivity contribution in [1.29, 1.82) is 0 Å². The van der Waals surface area contributed by atoms with E-state index in [1.54, 1.807) is 7.11 Å². The van der Waals surface area contributed by atoms with Gasteiger partial charge in [-0.2, -0.15) is 13.2 Å². The molecule has 1 aliphatic rings. The van der Waals surface area contributed by atoms with Gasteiger partial charge in [-0.05, 0) is 37.0 Å². The van der Waals surface area contributed by atoms with Crippen LogP contribution in [0.4, 0.5) is 18.9 Å². The number of nitrogens with two attached hydrogens (primary N) is 1. The maximum atomic E-state index is 13.2. The Kier molecular flexibility index (Phi) is 5.22. The SMILES string of the molecule is COCC1CCCN(c2ccc(S(N)(=O)=O)c(C(F)(F)F)c2)C1. The van der Waals surface area contributed by atoms with Gasteiger partial charge in [0, 0.05) is 25.9 Å². The summed E-state index contributed by atoms with van der Waals surface area (Å²) in [6, 6.07) is 3.15. The fourth-order valence-electron chi connectivity index (χ4n) is 2.86. The molecule has 1 saturated heterocycles. The topological polar surface area (TPSA) is 72.6 Å². The quantitative estimate of drug-likeness (QED) is 0.902. The average Bonchev–Trinajstić information content (AvgIpc) is 2.45. The Hall–Kier alpha value is -1.32. The maximum absolute atomic E-state index is 13.2. The van der Waals surface area contributed by atoms with Crippen molar-refractivity contribution in [3.05, 3.63) is 23.8 Å². The first kappa shape index (κ1) is 18.0. The van der Waals surface area contributed by atoms with Crippen molar-refractivity contribution in [2.45, 2.75) is 23.9 Å². The van der Waals surface area contributed by atoms with Crippen molar-refractivity contribution < 1.29 is 26.3 Å². The van der Waals surface area contributed by atoms with Crippen LogP contribution in [0.15, 0.2) is 23.1 Å². The molecule has 0 amide bonds. The van der Waals surface area contributed by atoms with Crippen molar-refractivity contribution in [2.75, 3.05) is 31.7 Å². The Morgan fingerprint density at radius 2 is 2.09 bits per heavy atom. The zero-order valence-corrected chi connectivity index (χ0v) is 13.5. The highest BCUT2D eigenvalue weighted by Crippen LogP contribution is 2.37. The van der Waals surface area contributed by atoms with Crippen LogP contribution in [0.3, 0.4) is 0 Å². The number of rotatable bonds is 4. The zero-order chi connectivity index (χ0) is 17.3. The number of sulfonamides is 1. The highest BCUT2D eigenvalue weighted by atomic mass is 32.2. The van der Waals surface area contributed by atoms with Crippen LogP contribution in [-0.2, 0) is 20.9 Å². The number of hydrogen-bond donors (Lipinski definition) is 1. The molecule has 1 atom stereocenters. The predicted octanol–water partition coefficient (Wildman–Crippen LogP) is 2.22. The monoisotopic (exact) mass is 352 g/mol. The Morgan fingerprint density at radius 1 is 1.39 bits per heavy atom. The molecule has 0 aromatic heterocycles. The Labute approximate surface area is 133 Å². The average molecular weight is 352 g/mol. The van der Waals surface area contributed by atoms with E-state index >= 15 is 0 Å². The van der Waals surface area contributed by atoms with Gasteiger partial charge < -0.3 is 9.64 Å². The number of piperidine rings is 1. The van der Waals surface area contributed by atoms with Crippen LogP contribution in [0.2, 0.25) is 0 Å². The van der Waals surface area contributed by atoms with E-state index in [9.17, 15) is 21.6 Å². The lowest BCUT2D eigenvalue weighted by molar-refractivity contribution is -0.139. The van der Waals surface area contributed by atoms with Crippen molar-refractivity contribution in [3.63, 3.8) is 0 Å². The molecule has 1 aliphatic heterocycles. The van der Waals surface area contributed by atoms with E-state index in [0.717, 1.165) is 25.0 Å². The molecular formula is C14H19F3N2O3S. The first-order chi connectivity index (χ1) is 10.6. The summed E-state index contributed by atoms with van der Waals surface area (Å²) < 4.78 is 67.3. The molecule has 9 heteroatoms. The molecule has 0 spiro atoms. The molecule has 5 nitrogen and oxygen atoms in total. The normalized spacial score (nSPS) is 19.9. The second-order valence-electron chi connectivity index (χ2n) is 5.63. The van der Waals surface area contributed by atoms with Gasteiger partial charge in [-0.3, -0.25) is 0 Å². The summed E-state index contributed by atoms with van der Waals surface area (Å²) in [4.78, 5) is 0.911. The van der Waals surface area contributed by atoms with Gasteiger partial charge in [0.25, 0.3) is 0 Å². The molecule has 2 rings (SSSR count). The number of primary sulfonamides is 1. The smallest absolute Gasteiger partial charge is 0.384 e. The number of anilines is 1. The minimum absolute atomic E-state index is 0.237. The lowest BCUT2D eigenvalue weighted by Gasteiger charge is -2.34. The predicted molar refractivity (Wildman–Crippen MR) is 79.6 cm³/mol. The number of hydrogen-bond acceptors (Lipinski definition) is 4. The third-order valence-electron chi connectivity index (χ3n) is 3.86. The maximum Gasteiger partial charge on any atom is 0.417 e. The fraction of sp³-hybridized carbons (Fsp3) is 0.571. The van der Waals surface area contributed by atoms with Gasteiger partial charge in [0.2, 0.25) is 10.0 Å². The third-order valence-corrected chi connectivity index (χ3v) is 4.83. The van der Waals surface area contributed by atoms with Crippen LogP contribution in [0.1, 0.15) is 18.4 Å². The fourth-order valence-corrected chi connectivity index (χ4v) is 3.59. The molecule has 0 radical (unpaired) electrons. The van der Waals surface area contributed by atoms with E-state index in [1.807, 2.05) is 4.90 Å². The standard InChI is InChI=1S/C14H19F3N2O3S/c1-22-9-10-3-2-6-19(8-10)11-4-5-13(23(18,20)21)12(7-11)14(15,16)17/h4-5,7,10H,2-3,6,8-9H2,1H3,(H2,18,20,21). The number of ether oxygens (including phenoxy) is 1. The van der Waals surface area contributed by atoms with Crippen LogP contribution < -0.4 is 10.0 Å². The Bertz CT molecular complexity index is 660. The van der Waals surface area contributed by atoms with Crippen molar-refractivity contribution >= 4 is 15.7 Å². The summed E-state index contributed by atoms with van der Waals surface area (Å²) in [7, 11) is -2.86. The second-order valence-corrected chi connectivity index (χ2v) is 7.16. The molecule has 1 aromatic carbocycles. The molecule has 0 saturated carbocycles. The number of alkyl halides is 3. The van der Waals surface area contributed by atoms with E-state index in [-0.39, 0.29) is 5.92 Å². The van der Waals surface area contributed by atoms with Crippen molar-refractivity contribution in [3.8, 4) is 0 Å². The zero-order valence-electron chi connectivity index (χ0n) is 12.6. The minimum atomic E-state index is -4.79. The van der Waals surface area contributed by atoms with Crippen molar-refractivity contribution in [1.82, 2.24) is 0 Å². The number of halogens is 3. The molecule has 130 valence electrons. The van der Waals surface area contributed by atoms with Gasteiger partial charge in [0.15, 0.2) is 0 Å². The summed E-state index contributed by atoms with van der Waals surface area (Å²) >= 11 is 0. The first-order valence-electron chi connectivity index (χ1n) is 7.11. The Balaban J connectivity index is 2.38. The number of methoxy groups -OCH3 is 1. The summed E-state index contributed by atoms with van der Waals surface area (Å²) in [5, 5.41) is 4.89. The lowest BCUT2D eigenvalue weighted by atomic mass is 9.98. The third kappa shape index (κ3) is 4.36. The summed E-state index contributed by atoms with van der Waals surface area (Å²) in [6.45, 7) is 1.73.